The van der Waals surface area contributed by atoms with E-state index in [1.54, 1.807) is 37.3 Å². The van der Waals surface area contributed by atoms with E-state index in [2.05, 4.69) is 5.32 Å². The average Bonchev–Trinajstić information content (AvgIpc) is 2.95. The van der Waals surface area contributed by atoms with Gasteiger partial charge in [-0.15, -0.1) is 0 Å². The molecule has 8 nitrogen and oxygen atoms in total. The van der Waals surface area contributed by atoms with Gasteiger partial charge in [-0.05, 0) is 69.2 Å². The summed E-state index contributed by atoms with van der Waals surface area (Å²) >= 11 is 0. The third kappa shape index (κ3) is 7.59. The number of benzene rings is 3. The van der Waals surface area contributed by atoms with Gasteiger partial charge in [0.15, 0.2) is 0 Å². The van der Waals surface area contributed by atoms with Crippen LogP contribution >= 0.6 is 0 Å². The first-order chi connectivity index (χ1) is 19.0. The lowest BCUT2D eigenvalue weighted by Crippen LogP contribution is -2.52. The van der Waals surface area contributed by atoms with Crippen molar-refractivity contribution in [2.45, 2.75) is 57.6 Å². The number of anilines is 1. The Morgan fingerprint density at radius 1 is 1.00 bits per heavy atom. The third-order valence-electron chi connectivity index (χ3n) is 6.66. The second kappa shape index (κ2) is 13.4. The maximum Gasteiger partial charge on any atom is 0.264 e. The molecule has 2 atom stereocenters. The first-order valence-corrected chi connectivity index (χ1v) is 14.5. The molecule has 2 amide bonds. The lowest BCUT2D eigenvalue weighted by molar-refractivity contribution is -0.139. The zero-order valence-electron chi connectivity index (χ0n) is 23.4. The molecule has 0 aliphatic heterocycles. The summed E-state index contributed by atoms with van der Waals surface area (Å²) in [6, 6.07) is 17.3. The minimum atomic E-state index is -4.19. The van der Waals surface area contributed by atoms with E-state index in [0.717, 1.165) is 9.87 Å². The van der Waals surface area contributed by atoms with Gasteiger partial charge in [0.1, 0.15) is 24.2 Å². The zero-order valence-corrected chi connectivity index (χ0v) is 24.2. The Hall–Kier alpha value is -3.92. The number of ether oxygens (including phenoxy) is 1. The van der Waals surface area contributed by atoms with E-state index >= 15 is 0 Å². The number of hydrogen-bond acceptors (Lipinski definition) is 5. The van der Waals surface area contributed by atoms with Gasteiger partial charge in [0.05, 0.1) is 17.7 Å². The number of methoxy groups -OCH3 is 1. The Kier molecular flexibility index (Phi) is 10.3. The van der Waals surface area contributed by atoms with Crippen molar-refractivity contribution in [3.05, 3.63) is 89.7 Å². The van der Waals surface area contributed by atoms with Gasteiger partial charge in [-0.1, -0.05) is 42.8 Å². The predicted molar refractivity (Wildman–Crippen MR) is 153 cm³/mol. The zero-order chi connectivity index (χ0) is 29.4. The van der Waals surface area contributed by atoms with Crippen molar-refractivity contribution < 1.29 is 27.1 Å². The Morgan fingerprint density at radius 3 is 2.25 bits per heavy atom. The molecule has 40 heavy (non-hydrogen) atoms. The van der Waals surface area contributed by atoms with Crippen LogP contribution in [0.1, 0.15) is 38.3 Å². The molecule has 3 rings (SSSR count). The highest BCUT2D eigenvalue weighted by atomic mass is 32.2. The molecule has 0 radical (unpaired) electrons. The van der Waals surface area contributed by atoms with E-state index in [1.807, 2.05) is 20.8 Å². The number of carbonyl (C=O) groups excluding carboxylic acids is 2. The molecule has 0 aromatic heterocycles. The predicted octanol–water partition coefficient (Wildman–Crippen LogP) is 4.67. The summed E-state index contributed by atoms with van der Waals surface area (Å²) in [6.07, 6.45) is 0.697. The van der Waals surface area contributed by atoms with Crippen LogP contribution in [-0.4, -0.2) is 50.9 Å². The summed E-state index contributed by atoms with van der Waals surface area (Å²) in [6.45, 7) is 6.62. The van der Waals surface area contributed by atoms with Gasteiger partial charge in [0.2, 0.25) is 11.8 Å². The molecular weight excluding hydrogens is 533 g/mol. The van der Waals surface area contributed by atoms with Crippen LogP contribution in [0.4, 0.5) is 10.1 Å². The number of sulfonamides is 1. The molecule has 3 aromatic rings. The summed E-state index contributed by atoms with van der Waals surface area (Å²) in [5.41, 5.74) is 1.70. The van der Waals surface area contributed by atoms with Crippen molar-refractivity contribution in [1.29, 1.82) is 0 Å². The molecular formula is C30H36FN3O5S. The summed E-state index contributed by atoms with van der Waals surface area (Å²) in [5.74, 6) is -0.995. The molecule has 0 saturated heterocycles. The molecule has 0 spiro atoms. The molecule has 10 heteroatoms. The second-order valence-corrected chi connectivity index (χ2v) is 11.5. The van der Waals surface area contributed by atoms with Gasteiger partial charge in [-0.3, -0.25) is 13.9 Å². The van der Waals surface area contributed by atoms with Crippen LogP contribution in [0.3, 0.4) is 0 Å². The van der Waals surface area contributed by atoms with Gasteiger partial charge >= 0.3 is 0 Å². The third-order valence-corrected chi connectivity index (χ3v) is 8.45. The Bertz CT molecular complexity index is 1410. The van der Waals surface area contributed by atoms with Gasteiger partial charge in [0, 0.05) is 18.7 Å². The molecule has 0 aliphatic rings. The first-order valence-electron chi connectivity index (χ1n) is 13.0. The first kappa shape index (κ1) is 30.6. The fraction of sp³-hybridized carbons (Fsp3) is 0.333. The maximum absolute atomic E-state index is 13.9. The van der Waals surface area contributed by atoms with Crippen molar-refractivity contribution in [2.24, 2.45) is 0 Å². The smallest absolute Gasteiger partial charge is 0.264 e. The van der Waals surface area contributed by atoms with Crippen molar-refractivity contribution >= 4 is 27.5 Å². The highest BCUT2D eigenvalue weighted by Gasteiger charge is 2.33. The van der Waals surface area contributed by atoms with E-state index in [0.29, 0.717) is 17.7 Å². The highest BCUT2D eigenvalue weighted by molar-refractivity contribution is 7.92. The van der Waals surface area contributed by atoms with Crippen LogP contribution in [0.15, 0.2) is 77.7 Å². The summed E-state index contributed by atoms with van der Waals surface area (Å²) in [4.78, 5) is 28.3. The largest absolute Gasteiger partial charge is 0.497 e. The van der Waals surface area contributed by atoms with Crippen LogP contribution < -0.4 is 14.4 Å². The molecule has 0 bridgehead atoms. The van der Waals surface area contributed by atoms with E-state index in [1.165, 1.54) is 54.5 Å². The monoisotopic (exact) mass is 569 g/mol. The Morgan fingerprint density at radius 2 is 1.65 bits per heavy atom. The molecule has 0 saturated carbocycles. The van der Waals surface area contributed by atoms with Crippen LogP contribution in [0.2, 0.25) is 0 Å². The van der Waals surface area contributed by atoms with Crippen LogP contribution in [0.5, 0.6) is 5.75 Å². The minimum absolute atomic E-state index is 0.0152. The van der Waals surface area contributed by atoms with Gasteiger partial charge in [-0.2, -0.15) is 0 Å². The maximum atomic E-state index is 13.9. The Labute approximate surface area is 235 Å². The van der Waals surface area contributed by atoms with E-state index < -0.39 is 34.3 Å². The van der Waals surface area contributed by atoms with Gasteiger partial charge in [0.25, 0.3) is 10.0 Å². The van der Waals surface area contributed by atoms with E-state index in [-0.39, 0.29) is 29.1 Å². The Balaban J connectivity index is 2.04. The normalized spacial score (nSPS) is 12.8. The number of carbonyl (C=O) groups is 2. The van der Waals surface area contributed by atoms with Crippen LogP contribution in [0.25, 0.3) is 0 Å². The molecule has 3 aromatic carbocycles. The number of rotatable bonds is 12. The highest BCUT2D eigenvalue weighted by Crippen LogP contribution is 2.28. The molecule has 0 aliphatic carbocycles. The molecule has 0 unspecified atom stereocenters. The number of aryl methyl sites for hydroxylation is 1. The molecule has 0 fully saturated rings. The van der Waals surface area contributed by atoms with Crippen molar-refractivity contribution in [1.82, 2.24) is 10.2 Å². The standard InChI is InChI=1S/C30H36FN3O5S/c1-6-22(3)32-30(36)23(4)33(19-24-12-14-25(31)15-13-24)29(35)20-34(26-8-7-9-27(18-26)39-5)40(37,38)28-16-10-21(2)11-17-28/h7-18,22-23H,6,19-20H2,1-5H3,(H,32,36)/t22-,23-/m0/s1. The lowest BCUT2D eigenvalue weighted by atomic mass is 10.1. The molecule has 0 heterocycles. The topological polar surface area (TPSA) is 96.0 Å². The van der Waals surface area contributed by atoms with E-state index in [4.69, 9.17) is 4.74 Å². The number of nitrogens with zero attached hydrogens (tertiary/aromatic N) is 2. The summed E-state index contributed by atoms with van der Waals surface area (Å²) in [5, 5.41) is 2.88. The number of amides is 2. The number of nitrogens with one attached hydrogen (secondary N) is 1. The fourth-order valence-electron chi connectivity index (χ4n) is 3.97. The summed E-state index contributed by atoms with van der Waals surface area (Å²) < 4.78 is 47.6. The van der Waals surface area contributed by atoms with Crippen molar-refractivity contribution in [3.63, 3.8) is 0 Å². The lowest BCUT2D eigenvalue weighted by Gasteiger charge is -2.32. The average molecular weight is 570 g/mol. The second-order valence-electron chi connectivity index (χ2n) is 9.67. The number of hydrogen-bond donors (Lipinski definition) is 1. The van der Waals surface area contributed by atoms with Crippen LogP contribution in [-0.2, 0) is 26.2 Å². The SMILES string of the molecule is CC[C@H](C)NC(=O)[C@H](C)N(Cc1ccc(F)cc1)C(=O)CN(c1cccc(OC)c1)S(=O)(=O)c1ccc(C)cc1. The van der Waals surface area contributed by atoms with Gasteiger partial charge < -0.3 is 15.0 Å². The molecule has 1 N–H and O–H groups in total. The van der Waals surface area contributed by atoms with Crippen molar-refractivity contribution in [2.75, 3.05) is 18.0 Å². The fourth-order valence-corrected chi connectivity index (χ4v) is 5.37. The van der Waals surface area contributed by atoms with Crippen molar-refractivity contribution in [3.8, 4) is 5.75 Å². The van der Waals surface area contributed by atoms with Gasteiger partial charge in [-0.25, -0.2) is 12.8 Å². The number of halogens is 1. The molecule has 214 valence electrons. The van der Waals surface area contributed by atoms with E-state index in [9.17, 15) is 22.4 Å². The quantitative estimate of drug-likeness (QED) is 0.342. The van der Waals surface area contributed by atoms with Crippen LogP contribution in [0, 0.1) is 12.7 Å². The summed E-state index contributed by atoms with van der Waals surface area (Å²) in [7, 11) is -2.73. The minimum Gasteiger partial charge on any atom is -0.497 e.